The van der Waals surface area contributed by atoms with Crippen molar-refractivity contribution in [3.8, 4) is 11.4 Å². The van der Waals surface area contributed by atoms with Crippen LogP contribution in [0.15, 0.2) is 41.4 Å². The fourth-order valence-electron chi connectivity index (χ4n) is 2.78. The quantitative estimate of drug-likeness (QED) is 0.875. The molecule has 0 bridgehead atoms. The first-order valence-corrected chi connectivity index (χ1v) is 7.90. The highest BCUT2D eigenvalue weighted by molar-refractivity contribution is 5.74. The summed E-state index contributed by atoms with van der Waals surface area (Å²) in [4.78, 5) is 18.2. The molecule has 0 aliphatic carbocycles. The molecule has 24 heavy (non-hydrogen) atoms. The molecule has 1 N–H and O–H groups in total. The molecule has 0 unspecified atom stereocenters. The van der Waals surface area contributed by atoms with E-state index in [2.05, 4.69) is 22.0 Å². The van der Waals surface area contributed by atoms with Crippen LogP contribution in [-0.2, 0) is 0 Å². The van der Waals surface area contributed by atoms with Gasteiger partial charge in [0.05, 0.1) is 5.92 Å². The second kappa shape index (κ2) is 7.25. The topological polar surface area (TPSA) is 71.3 Å². The summed E-state index contributed by atoms with van der Waals surface area (Å²) in [6.45, 7) is 5.24. The van der Waals surface area contributed by atoms with Crippen molar-refractivity contribution in [3.63, 3.8) is 0 Å². The predicted octanol–water partition coefficient (Wildman–Crippen LogP) is 2.95. The molecule has 126 valence electrons. The summed E-state index contributed by atoms with van der Waals surface area (Å²) in [6, 6.07) is 5.95. The predicted molar refractivity (Wildman–Crippen MR) is 86.8 cm³/mol. The number of hydrogen-bond acceptors (Lipinski definition) is 4. The van der Waals surface area contributed by atoms with Gasteiger partial charge in [-0.15, -0.1) is 6.58 Å². The lowest BCUT2D eigenvalue weighted by Crippen LogP contribution is -2.45. The molecule has 2 aromatic rings. The van der Waals surface area contributed by atoms with Crippen molar-refractivity contribution < 1.29 is 13.7 Å². The van der Waals surface area contributed by atoms with Crippen LogP contribution in [0, 0.1) is 5.82 Å². The van der Waals surface area contributed by atoms with Crippen molar-refractivity contribution in [3.05, 3.63) is 48.6 Å². The van der Waals surface area contributed by atoms with Gasteiger partial charge in [-0.1, -0.05) is 23.4 Å². The lowest BCUT2D eigenvalue weighted by molar-refractivity contribution is 0.173. The van der Waals surface area contributed by atoms with Crippen LogP contribution in [0.5, 0.6) is 0 Å². The first-order chi connectivity index (χ1) is 11.7. The Morgan fingerprint density at radius 1 is 1.54 bits per heavy atom. The van der Waals surface area contributed by atoms with E-state index in [-0.39, 0.29) is 17.8 Å². The molecule has 2 amide bonds. The number of nitrogens with one attached hydrogen (secondary N) is 1. The average molecular weight is 330 g/mol. The van der Waals surface area contributed by atoms with Crippen molar-refractivity contribution in [1.82, 2.24) is 20.4 Å². The summed E-state index contributed by atoms with van der Waals surface area (Å²) in [6.07, 6.45) is 3.38. The number of likely N-dealkylation sites (tertiary alicyclic amines) is 1. The smallest absolute Gasteiger partial charge is 0.317 e. The molecule has 1 aliphatic rings. The van der Waals surface area contributed by atoms with Gasteiger partial charge in [0.25, 0.3) is 0 Å². The van der Waals surface area contributed by atoms with Crippen LogP contribution in [0.2, 0.25) is 0 Å². The summed E-state index contributed by atoms with van der Waals surface area (Å²) in [7, 11) is 0. The Morgan fingerprint density at radius 2 is 2.42 bits per heavy atom. The van der Waals surface area contributed by atoms with Gasteiger partial charge >= 0.3 is 6.03 Å². The van der Waals surface area contributed by atoms with Gasteiger partial charge < -0.3 is 14.7 Å². The largest absolute Gasteiger partial charge is 0.339 e. The van der Waals surface area contributed by atoms with Crippen molar-refractivity contribution in [1.29, 1.82) is 0 Å². The zero-order valence-electron chi connectivity index (χ0n) is 13.2. The van der Waals surface area contributed by atoms with Gasteiger partial charge in [0.2, 0.25) is 11.7 Å². The number of aromatic nitrogens is 2. The van der Waals surface area contributed by atoms with E-state index in [1.165, 1.54) is 12.1 Å². The van der Waals surface area contributed by atoms with Crippen LogP contribution < -0.4 is 5.32 Å². The summed E-state index contributed by atoms with van der Waals surface area (Å²) >= 11 is 0. The second-order valence-corrected chi connectivity index (χ2v) is 5.73. The average Bonchev–Trinajstić information content (AvgIpc) is 3.10. The fraction of sp³-hybridized carbons (Fsp3) is 0.353. The Morgan fingerprint density at radius 3 is 3.21 bits per heavy atom. The Hall–Kier alpha value is -2.70. The highest BCUT2D eigenvalue weighted by Crippen LogP contribution is 2.27. The fourth-order valence-corrected chi connectivity index (χ4v) is 2.78. The third kappa shape index (κ3) is 3.61. The van der Waals surface area contributed by atoms with E-state index < -0.39 is 0 Å². The standard InChI is InChI=1S/C17H19FN4O2/c1-2-8-19-17(23)22-9-4-6-13(11-22)16-20-15(21-24-16)12-5-3-7-14(18)10-12/h2-3,5,7,10,13H,1,4,6,8-9,11H2,(H,19,23)/t13-/m0/s1. The van der Waals surface area contributed by atoms with Crippen molar-refractivity contribution >= 4 is 6.03 Å². The minimum Gasteiger partial charge on any atom is -0.339 e. The van der Waals surface area contributed by atoms with E-state index >= 15 is 0 Å². The summed E-state index contributed by atoms with van der Waals surface area (Å²) in [5.41, 5.74) is 0.571. The SMILES string of the molecule is C=CCNC(=O)N1CCC[C@H](c2nc(-c3cccc(F)c3)no2)C1. The Balaban J connectivity index is 1.70. The molecular weight excluding hydrogens is 311 g/mol. The number of hydrogen-bond donors (Lipinski definition) is 1. The van der Waals surface area contributed by atoms with E-state index in [1.807, 2.05) is 0 Å². The van der Waals surface area contributed by atoms with Crippen LogP contribution in [0.4, 0.5) is 9.18 Å². The minimum atomic E-state index is -0.346. The number of benzene rings is 1. The molecule has 2 heterocycles. The van der Waals surface area contributed by atoms with Gasteiger partial charge in [-0.25, -0.2) is 9.18 Å². The molecule has 1 fully saturated rings. The molecule has 0 spiro atoms. The van der Waals surface area contributed by atoms with Gasteiger partial charge in [-0.3, -0.25) is 0 Å². The molecule has 0 radical (unpaired) electrons. The van der Waals surface area contributed by atoms with E-state index in [1.54, 1.807) is 23.1 Å². The minimum absolute atomic E-state index is 0.0111. The number of amides is 2. The van der Waals surface area contributed by atoms with E-state index in [0.29, 0.717) is 36.9 Å². The van der Waals surface area contributed by atoms with Crippen molar-refractivity contribution in [2.24, 2.45) is 0 Å². The van der Waals surface area contributed by atoms with Crippen LogP contribution >= 0.6 is 0 Å². The zero-order chi connectivity index (χ0) is 16.9. The number of carbonyl (C=O) groups is 1. The molecule has 1 aliphatic heterocycles. The molecule has 3 rings (SSSR count). The van der Waals surface area contributed by atoms with Crippen LogP contribution in [-0.4, -0.2) is 40.7 Å². The third-order valence-corrected chi connectivity index (χ3v) is 3.98. The van der Waals surface area contributed by atoms with E-state index in [4.69, 9.17) is 4.52 Å². The maximum atomic E-state index is 13.3. The highest BCUT2D eigenvalue weighted by Gasteiger charge is 2.28. The van der Waals surface area contributed by atoms with Crippen molar-refractivity contribution in [2.75, 3.05) is 19.6 Å². The number of halogens is 1. The van der Waals surface area contributed by atoms with Crippen LogP contribution in [0.3, 0.4) is 0 Å². The molecule has 1 aromatic heterocycles. The van der Waals surface area contributed by atoms with Crippen LogP contribution in [0.25, 0.3) is 11.4 Å². The molecule has 6 nitrogen and oxygen atoms in total. The lowest BCUT2D eigenvalue weighted by Gasteiger charge is -2.30. The van der Waals surface area contributed by atoms with Crippen LogP contribution in [0.1, 0.15) is 24.7 Å². The van der Waals surface area contributed by atoms with Gasteiger partial charge in [-0.2, -0.15) is 4.98 Å². The number of rotatable bonds is 4. The Labute approximate surface area is 139 Å². The number of carbonyl (C=O) groups excluding carboxylic acids is 1. The van der Waals surface area contributed by atoms with Gasteiger partial charge in [0.1, 0.15) is 5.82 Å². The zero-order valence-corrected chi connectivity index (χ0v) is 13.2. The normalized spacial score (nSPS) is 17.5. The first kappa shape index (κ1) is 16.2. The van der Waals surface area contributed by atoms with Gasteiger partial charge in [0.15, 0.2) is 0 Å². The highest BCUT2D eigenvalue weighted by atomic mass is 19.1. The molecule has 0 saturated carbocycles. The van der Waals surface area contributed by atoms with E-state index in [0.717, 1.165) is 12.8 Å². The van der Waals surface area contributed by atoms with Gasteiger partial charge in [-0.05, 0) is 25.0 Å². The molecule has 1 saturated heterocycles. The van der Waals surface area contributed by atoms with E-state index in [9.17, 15) is 9.18 Å². The monoisotopic (exact) mass is 330 g/mol. The Kier molecular flexibility index (Phi) is 4.88. The maximum Gasteiger partial charge on any atom is 0.317 e. The number of nitrogens with zero attached hydrogens (tertiary/aromatic N) is 3. The number of piperidine rings is 1. The summed E-state index contributed by atoms with van der Waals surface area (Å²) in [5, 5.41) is 6.71. The molecule has 1 atom stereocenters. The first-order valence-electron chi connectivity index (χ1n) is 7.90. The summed E-state index contributed by atoms with van der Waals surface area (Å²) < 4.78 is 18.7. The lowest BCUT2D eigenvalue weighted by atomic mass is 9.98. The Bertz CT molecular complexity index is 731. The molecular formula is C17H19FN4O2. The molecule has 7 heteroatoms. The van der Waals surface area contributed by atoms with Gasteiger partial charge in [0, 0.05) is 25.2 Å². The summed E-state index contributed by atoms with van der Waals surface area (Å²) in [5.74, 6) is 0.484. The second-order valence-electron chi connectivity index (χ2n) is 5.73. The molecule has 1 aromatic carbocycles. The number of urea groups is 1. The van der Waals surface area contributed by atoms with Crippen molar-refractivity contribution in [2.45, 2.75) is 18.8 Å². The maximum absolute atomic E-state index is 13.3. The third-order valence-electron chi connectivity index (χ3n) is 3.98.